The van der Waals surface area contributed by atoms with Gasteiger partial charge in [0.1, 0.15) is 0 Å². The first kappa shape index (κ1) is 16.0. The maximum absolute atomic E-state index is 11.6. The molecule has 1 aromatic carbocycles. The second-order valence-corrected chi connectivity index (χ2v) is 4.97. The molecule has 2 rings (SSSR count). The summed E-state index contributed by atoms with van der Waals surface area (Å²) in [7, 11) is 0. The van der Waals surface area contributed by atoms with Gasteiger partial charge in [-0.15, -0.1) is 0 Å². The maximum atomic E-state index is 11.6. The van der Waals surface area contributed by atoms with Crippen LogP contribution >= 0.6 is 0 Å². The van der Waals surface area contributed by atoms with Crippen LogP contribution in [0, 0.1) is 0 Å². The highest BCUT2D eigenvalue weighted by Gasteiger charge is 2.07. The van der Waals surface area contributed by atoms with Gasteiger partial charge >= 0.3 is 6.03 Å². The molecule has 1 atom stereocenters. The largest absolute Gasteiger partial charge is 0.388 e. The third kappa shape index (κ3) is 5.54. The number of aliphatic hydroxyl groups is 1. The summed E-state index contributed by atoms with van der Waals surface area (Å²) in [5, 5.41) is 15.5. The Morgan fingerprint density at radius 3 is 2.50 bits per heavy atom. The first-order chi connectivity index (χ1) is 10.8. The highest BCUT2D eigenvalue weighted by Crippen LogP contribution is 2.14. The fraction of sp³-hybridized carbons (Fsp3) is 0.294. The second kappa shape index (κ2) is 8.79. The summed E-state index contributed by atoms with van der Waals surface area (Å²) >= 11 is 0. The number of nitrogens with one attached hydrogen (secondary N) is 2. The molecular weight excluding hydrogens is 278 g/mol. The van der Waals surface area contributed by atoms with Crippen molar-refractivity contribution in [3.63, 3.8) is 0 Å². The number of amides is 2. The van der Waals surface area contributed by atoms with E-state index in [-0.39, 0.29) is 6.03 Å². The lowest BCUT2D eigenvalue weighted by atomic mass is 10.1. The van der Waals surface area contributed by atoms with Crippen LogP contribution in [0.5, 0.6) is 0 Å². The molecule has 3 N–H and O–H groups in total. The Morgan fingerprint density at radius 2 is 1.77 bits per heavy atom. The molecule has 5 heteroatoms. The Hall–Kier alpha value is -2.40. The average molecular weight is 299 g/mol. The monoisotopic (exact) mass is 299 g/mol. The van der Waals surface area contributed by atoms with E-state index >= 15 is 0 Å². The van der Waals surface area contributed by atoms with E-state index in [0.717, 1.165) is 11.3 Å². The summed E-state index contributed by atoms with van der Waals surface area (Å²) in [6, 6.07) is 14.9. The van der Waals surface area contributed by atoms with Gasteiger partial charge in [-0.05, 0) is 24.1 Å². The minimum absolute atomic E-state index is 0.226. The molecule has 0 saturated carbocycles. The minimum Gasteiger partial charge on any atom is -0.388 e. The molecule has 0 aliphatic carbocycles. The van der Waals surface area contributed by atoms with Crippen LogP contribution in [0.2, 0.25) is 0 Å². The van der Waals surface area contributed by atoms with Crippen molar-refractivity contribution < 1.29 is 9.90 Å². The van der Waals surface area contributed by atoms with Crippen LogP contribution < -0.4 is 10.6 Å². The number of aliphatic hydroxyl groups excluding tert-OH is 1. The molecule has 0 radical (unpaired) electrons. The van der Waals surface area contributed by atoms with E-state index in [9.17, 15) is 9.90 Å². The Kier molecular flexibility index (Phi) is 6.39. The van der Waals surface area contributed by atoms with Gasteiger partial charge in [0.2, 0.25) is 0 Å². The van der Waals surface area contributed by atoms with Crippen molar-refractivity contribution in [3.05, 3.63) is 66.0 Å². The Labute approximate surface area is 130 Å². The number of urea groups is 1. The topological polar surface area (TPSA) is 74.2 Å². The number of rotatable bonds is 7. The van der Waals surface area contributed by atoms with Crippen molar-refractivity contribution in [1.29, 1.82) is 0 Å². The number of carbonyl (C=O) groups excluding carboxylic acids is 1. The lowest BCUT2D eigenvalue weighted by Crippen LogP contribution is -2.37. The summed E-state index contributed by atoms with van der Waals surface area (Å²) in [4.78, 5) is 15.8. The van der Waals surface area contributed by atoms with Gasteiger partial charge in [0, 0.05) is 31.4 Å². The zero-order valence-corrected chi connectivity index (χ0v) is 12.4. The SMILES string of the molecule is O=C(NCCc1ccccn1)NCCC(O)c1ccccc1. The van der Waals surface area contributed by atoms with Crippen LogP contribution in [-0.2, 0) is 6.42 Å². The van der Waals surface area contributed by atoms with Crippen molar-refractivity contribution in [2.24, 2.45) is 0 Å². The van der Waals surface area contributed by atoms with E-state index in [0.29, 0.717) is 25.9 Å². The predicted octanol–water partition coefficient (Wildman–Crippen LogP) is 2.05. The van der Waals surface area contributed by atoms with E-state index in [2.05, 4.69) is 15.6 Å². The fourth-order valence-corrected chi connectivity index (χ4v) is 2.08. The van der Waals surface area contributed by atoms with E-state index in [1.807, 2.05) is 48.5 Å². The molecule has 5 nitrogen and oxygen atoms in total. The zero-order chi connectivity index (χ0) is 15.6. The van der Waals surface area contributed by atoms with Crippen LogP contribution in [-0.4, -0.2) is 29.2 Å². The van der Waals surface area contributed by atoms with E-state index in [1.165, 1.54) is 0 Å². The molecule has 2 aromatic rings. The third-order valence-electron chi connectivity index (χ3n) is 3.28. The van der Waals surface area contributed by atoms with Gasteiger partial charge < -0.3 is 15.7 Å². The van der Waals surface area contributed by atoms with Crippen molar-refractivity contribution in [3.8, 4) is 0 Å². The molecular formula is C17H21N3O2. The molecule has 116 valence electrons. The average Bonchev–Trinajstić information content (AvgIpc) is 2.56. The number of nitrogens with zero attached hydrogens (tertiary/aromatic N) is 1. The number of hydrogen-bond donors (Lipinski definition) is 3. The van der Waals surface area contributed by atoms with Crippen molar-refractivity contribution in [2.45, 2.75) is 18.9 Å². The summed E-state index contributed by atoms with van der Waals surface area (Å²) in [6.07, 6.45) is 2.36. The smallest absolute Gasteiger partial charge is 0.314 e. The summed E-state index contributed by atoms with van der Waals surface area (Å²) in [5.74, 6) is 0. The van der Waals surface area contributed by atoms with Gasteiger partial charge in [-0.25, -0.2) is 4.79 Å². The number of pyridine rings is 1. The number of hydrogen-bond acceptors (Lipinski definition) is 3. The van der Waals surface area contributed by atoms with Crippen molar-refractivity contribution in [1.82, 2.24) is 15.6 Å². The molecule has 0 spiro atoms. The van der Waals surface area contributed by atoms with Crippen LogP contribution in [0.15, 0.2) is 54.7 Å². The van der Waals surface area contributed by atoms with Gasteiger partial charge in [-0.2, -0.15) is 0 Å². The summed E-state index contributed by atoms with van der Waals surface area (Å²) in [5.41, 5.74) is 1.81. The Balaban J connectivity index is 1.60. The molecule has 1 unspecified atom stereocenters. The zero-order valence-electron chi connectivity index (χ0n) is 12.4. The minimum atomic E-state index is -0.560. The normalized spacial score (nSPS) is 11.7. The predicted molar refractivity (Wildman–Crippen MR) is 85.4 cm³/mol. The highest BCUT2D eigenvalue weighted by molar-refractivity contribution is 5.73. The third-order valence-corrected chi connectivity index (χ3v) is 3.28. The molecule has 0 fully saturated rings. The lowest BCUT2D eigenvalue weighted by Gasteiger charge is -2.12. The molecule has 0 saturated heterocycles. The van der Waals surface area contributed by atoms with Gasteiger partial charge in [-0.3, -0.25) is 4.98 Å². The lowest BCUT2D eigenvalue weighted by molar-refractivity contribution is 0.167. The van der Waals surface area contributed by atoms with Crippen molar-refractivity contribution in [2.75, 3.05) is 13.1 Å². The van der Waals surface area contributed by atoms with Crippen LogP contribution in [0.4, 0.5) is 4.79 Å². The van der Waals surface area contributed by atoms with Crippen LogP contribution in [0.1, 0.15) is 23.8 Å². The molecule has 1 aromatic heterocycles. The van der Waals surface area contributed by atoms with Crippen molar-refractivity contribution >= 4 is 6.03 Å². The maximum Gasteiger partial charge on any atom is 0.314 e. The van der Waals surface area contributed by atoms with Crippen LogP contribution in [0.25, 0.3) is 0 Å². The summed E-state index contributed by atoms with van der Waals surface area (Å²) in [6.45, 7) is 0.954. The molecule has 0 aliphatic heterocycles. The van der Waals surface area contributed by atoms with E-state index in [4.69, 9.17) is 0 Å². The molecule has 2 amide bonds. The number of aromatic nitrogens is 1. The summed E-state index contributed by atoms with van der Waals surface area (Å²) < 4.78 is 0. The van der Waals surface area contributed by atoms with Gasteiger partial charge in [0.05, 0.1) is 6.10 Å². The number of carbonyl (C=O) groups is 1. The van der Waals surface area contributed by atoms with Crippen LogP contribution in [0.3, 0.4) is 0 Å². The quantitative estimate of drug-likeness (QED) is 0.732. The molecule has 22 heavy (non-hydrogen) atoms. The van der Waals surface area contributed by atoms with Gasteiger partial charge in [-0.1, -0.05) is 36.4 Å². The second-order valence-electron chi connectivity index (χ2n) is 4.97. The first-order valence-electron chi connectivity index (χ1n) is 7.40. The Bertz CT molecular complexity index is 561. The fourth-order valence-electron chi connectivity index (χ4n) is 2.08. The van der Waals surface area contributed by atoms with Gasteiger partial charge in [0.25, 0.3) is 0 Å². The number of benzene rings is 1. The van der Waals surface area contributed by atoms with E-state index < -0.39 is 6.10 Å². The highest BCUT2D eigenvalue weighted by atomic mass is 16.3. The molecule has 0 aliphatic rings. The molecule has 1 heterocycles. The standard InChI is InChI=1S/C17H21N3O2/c21-16(14-6-2-1-3-7-14)10-13-20-17(22)19-12-9-15-8-4-5-11-18-15/h1-8,11,16,21H,9-10,12-13H2,(H2,19,20,22). The van der Waals surface area contributed by atoms with Gasteiger partial charge in [0.15, 0.2) is 0 Å². The van der Waals surface area contributed by atoms with E-state index in [1.54, 1.807) is 6.20 Å². The molecule has 0 bridgehead atoms. The Morgan fingerprint density at radius 1 is 1.05 bits per heavy atom. The first-order valence-corrected chi connectivity index (χ1v) is 7.40.